The molecule has 0 spiro atoms. The van der Waals surface area contributed by atoms with E-state index in [-0.39, 0.29) is 56.9 Å². The molecule has 2 aliphatic rings. The van der Waals surface area contributed by atoms with Gasteiger partial charge in [-0.3, -0.25) is 38.6 Å². The van der Waals surface area contributed by atoms with Crippen LogP contribution in [0.1, 0.15) is 63.5 Å². The van der Waals surface area contributed by atoms with Crippen LogP contribution in [-0.4, -0.2) is 94.5 Å². The highest BCUT2D eigenvalue weighted by Gasteiger charge is 2.47. The molecule has 6 amide bonds. The molecule has 14 nitrogen and oxygen atoms in total. The van der Waals surface area contributed by atoms with Crippen molar-refractivity contribution in [3.05, 3.63) is 71.8 Å². The van der Waals surface area contributed by atoms with Crippen molar-refractivity contribution < 1.29 is 33.6 Å². The molecule has 0 aromatic heterocycles. The summed E-state index contributed by atoms with van der Waals surface area (Å²) in [6.07, 6.45) is 3.44. The number of Topliss-reactive ketones (excluding diaryl/α,β-unsaturated/α-hetero) is 1. The SMILES string of the molecule is CSCCC(NN1CC[C@@H](NC(=O)[C@H](Cc2ccccc2)NC(=O)C(Cc2ccccc2)NC(=O)C2CCC(=O)N2)C1=O)(C(N)=O)C(=O)CCC(C)C. The van der Waals surface area contributed by atoms with Gasteiger partial charge in [-0.25, -0.2) is 5.43 Å². The molecule has 0 aliphatic carbocycles. The van der Waals surface area contributed by atoms with Crippen LogP contribution in [0.3, 0.4) is 0 Å². The first-order valence-electron chi connectivity index (χ1n) is 18.0. The number of thioether (sulfide) groups is 1. The van der Waals surface area contributed by atoms with Crippen LogP contribution in [0.5, 0.6) is 0 Å². The van der Waals surface area contributed by atoms with Gasteiger partial charge in [0.2, 0.25) is 29.5 Å². The summed E-state index contributed by atoms with van der Waals surface area (Å²) in [5, 5.41) is 12.1. The molecule has 0 bridgehead atoms. The molecular formula is C38H51N7O7S. The number of carbonyl (C=O) groups excluding carboxylic acids is 7. The fraction of sp³-hybridized carbons (Fsp3) is 0.500. The first-order chi connectivity index (χ1) is 25.3. The summed E-state index contributed by atoms with van der Waals surface area (Å²) in [5.74, 6) is -3.19. The van der Waals surface area contributed by atoms with Crippen LogP contribution in [0.25, 0.3) is 0 Å². The van der Waals surface area contributed by atoms with Gasteiger partial charge in [-0.1, -0.05) is 74.5 Å². The minimum absolute atomic E-state index is 0.0792. The lowest BCUT2D eigenvalue weighted by Crippen LogP contribution is -2.67. The highest BCUT2D eigenvalue weighted by molar-refractivity contribution is 7.98. The number of carbonyl (C=O) groups is 7. The largest absolute Gasteiger partial charge is 0.368 e. The molecule has 2 fully saturated rings. The second-order valence-electron chi connectivity index (χ2n) is 14.0. The summed E-state index contributed by atoms with van der Waals surface area (Å²) in [6.45, 7) is 4.03. The van der Waals surface area contributed by atoms with Gasteiger partial charge >= 0.3 is 0 Å². The summed E-state index contributed by atoms with van der Waals surface area (Å²) in [6, 6.07) is 14.1. The Bertz CT molecular complexity index is 1630. The minimum Gasteiger partial charge on any atom is -0.368 e. The summed E-state index contributed by atoms with van der Waals surface area (Å²) < 4.78 is 0. The molecule has 15 heteroatoms. The summed E-state index contributed by atoms with van der Waals surface area (Å²) >= 11 is 1.44. The predicted octanol–water partition coefficient (Wildman–Crippen LogP) is 0.924. The van der Waals surface area contributed by atoms with Gasteiger partial charge in [-0.05, 0) is 54.7 Å². The number of amides is 6. The number of nitrogens with two attached hydrogens (primary N) is 1. The van der Waals surface area contributed by atoms with Crippen LogP contribution in [0, 0.1) is 5.92 Å². The lowest BCUT2D eigenvalue weighted by molar-refractivity contribution is -0.144. The zero-order valence-corrected chi connectivity index (χ0v) is 31.3. The molecule has 7 N–H and O–H groups in total. The van der Waals surface area contributed by atoms with Gasteiger partial charge in [0.25, 0.3) is 5.91 Å². The Morgan fingerprint density at radius 1 is 0.906 bits per heavy atom. The number of hydrazine groups is 1. The van der Waals surface area contributed by atoms with Crippen molar-refractivity contribution in [3.8, 4) is 0 Å². The summed E-state index contributed by atoms with van der Waals surface area (Å²) in [4.78, 5) is 92.9. The van der Waals surface area contributed by atoms with E-state index in [4.69, 9.17) is 5.73 Å². The van der Waals surface area contributed by atoms with Crippen molar-refractivity contribution in [2.24, 2.45) is 11.7 Å². The highest BCUT2D eigenvalue weighted by atomic mass is 32.2. The Hall–Kier alpha value is -4.76. The van der Waals surface area contributed by atoms with E-state index in [1.165, 1.54) is 16.8 Å². The van der Waals surface area contributed by atoms with Crippen LogP contribution in [0.15, 0.2) is 60.7 Å². The molecular weight excluding hydrogens is 699 g/mol. The Labute approximate surface area is 314 Å². The lowest BCUT2D eigenvalue weighted by Gasteiger charge is -2.35. The molecule has 2 saturated heterocycles. The van der Waals surface area contributed by atoms with Crippen LogP contribution in [0.4, 0.5) is 0 Å². The fourth-order valence-corrected chi connectivity index (χ4v) is 6.87. The Kier molecular flexibility index (Phi) is 15.0. The van der Waals surface area contributed by atoms with Gasteiger partial charge in [-0.15, -0.1) is 0 Å². The quantitative estimate of drug-likeness (QED) is 0.106. The molecule has 5 atom stereocenters. The zero-order valence-electron chi connectivity index (χ0n) is 30.5. The van der Waals surface area contributed by atoms with E-state index in [0.29, 0.717) is 18.6 Å². The number of ketones is 1. The number of nitrogens with zero attached hydrogens (tertiary/aromatic N) is 1. The first kappa shape index (κ1) is 41.0. The van der Waals surface area contributed by atoms with Crippen molar-refractivity contribution in [2.45, 2.75) is 94.9 Å². The van der Waals surface area contributed by atoms with Crippen LogP contribution < -0.4 is 32.4 Å². The molecule has 2 aliphatic heterocycles. The van der Waals surface area contributed by atoms with Gasteiger partial charge in [0.05, 0.1) is 0 Å². The number of hydrogen-bond acceptors (Lipinski definition) is 9. The molecule has 2 aromatic rings. The lowest BCUT2D eigenvalue weighted by atomic mass is 9.86. The maximum absolute atomic E-state index is 13.9. The molecule has 2 aromatic carbocycles. The second kappa shape index (κ2) is 19.4. The van der Waals surface area contributed by atoms with Crippen molar-refractivity contribution in [3.63, 3.8) is 0 Å². The molecule has 4 rings (SSSR count). The van der Waals surface area contributed by atoms with E-state index >= 15 is 0 Å². The molecule has 0 radical (unpaired) electrons. The Morgan fingerprint density at radius 3 is 2.04 bits per heavy atom. The number of primary amides is 1. The normalized spacial score (nSPS) is 19.2. The summed E-state index contributed by atoms with van der Waals surface area (Å²) in [7, 11) is 0. The number of benzene rings is 2. The van der Waals surface area contributed by atoms with E-state index in [1.54, 1.807) is 24.3 Å². The highest BCUT2D eigenvalue weighted by Crippen LogP contribution is 2.23. The predicted molar refractivity (Wildman–Crippen MR) is 201 cm³/mol. The zero-order chi connectivity index (χ0) is 38.5. The number of hydrogen-bond donors (Lipinski definition) is 6. The third kappa shape index (κ3) is 11.4. The third-order valence-corrected chi connectivity index (χ3v) is 10.1. The standard InChI is InChI=1S/C38H51N7O7S/c1-24(2)14-16-31(46)38(37(39)52,19-21-53-3)44-45-20-18-28(36(45)51)41-34(49)29(22-25-10-6-4-7-11-25)43-35(50)30(23-26-12-8-5-9-13-26)42-33(48)27-15-17-32(47)40-27/h4-13,24,27-30,44H,14-23H2,1-3H3,(H2,39,52)(H,40,47)(H,41,49)(H,42,48)(H,43,50)/t27?,28-,29+,30?,38?/m1/s1. The number of rotatable bonds is 20. The second-order valence-corrected chi connectivity index (χ2v) is 15.0. The van der Waals surface area contributed by atoms with Crippen molar-refractivity contribution >= 4 is 53.0 Å². The van der Waals surface area contributed by atoms with E-state index in [0.717, 1.165) is 11.1 Å². The Morgan fingerprint density at radius 2 is 1.51 bits per heavy atom. The van der Waals surface area contributed by atoms with Crippen LogP contribution in [0.2, 0.25) is 0 Å². The summed E-state index contributed by atoms with van der Waals surface area (Å²) in [5.41, 5.74) is 8.43. The van der Waals surface area contributed by atoms with E-state index in [2.05, 4.69) is 26.7 Å². The van der Waals surface area contributed by atoms with E-state index in [9.17, 15) is 33.6 Å². The molecule has 0 saturated carbocycles. The van der Waals surface area contributed by atoms with Gasteiger partial charge in [0, 0.05) is 32.2 Å². The van der Waals surface area contributed by atoms with E-state index < -0.39 is 65.0 Å². The maximum atomic E-state index is 13.9. The molecule has 2 heterocycles. The maximum Gasteiger partial charge on any atom is 0.259 e. The fourth-order valence-electron chi connectivity index (χ4n) is 6.36. The van der Waals surface area contributed by atoms with Crippen molar-refractivity contribution in [1.29, 1.82) is 0 Å². The van der Waals surface area contributed by atoms with Gasteiger partial charge in [-0.2, -0.15) is 11.8 Å². The number of nitrogens with one attached hydrogen (secondary N) is 5. The van der Waals surface area contributed by atoms with Crippen LogP contribution in [-0.2, 0) is 46.4 Å². The van der Waals surface area contributed by atoms with Gasteiger partial charge < -0.3 is 27.0 Å². The molecule has 53 heavy (non-hydrogen) atoms. The Balaban J connectivity index is 1.52. The van der Waals surface area contributed by atoms with E-state index in [1.807, 2.05) is 56.5 Å². The van der Waals surface area contributed by atoms with Crippen LogP contribution >= 0.6 is 11.8 Å². The van der Waals surface area contributed by atoms with Crippen molar-refractivity contribution in [2.75, 3.05) is 18.6 Å². The van der Waals surface area contributed by atoms with Gasteiger partial charge in [0.1, 0.15) is 24.2 Å². The molecule has 286 valence electrons. The minimum atomic E-state index is -1.80. The topological polar surface area (TPSA) is 209 Å². The average molecular weight is 750 g/mol. The van der Waals surface area contributed by atoms with Gasteiger partial charge in [0.15, 0.2) is 11.3 Å². The van der Waals surface area contributed by atoms with Crippen molar-refractivity contribution in [1.82, 2.24) is 31.7 Å². The first-order valence-corrected chi connectivity index (χ1v) is 19.4. The smallest absolute Gasteiger partial charge is 0.259 e. The third-order valence-electron chi connectivity index (χ3n) is 9.52. The average Bonchev–Trinajstić information content (AvgIpc) is 3.73. The monoisotopic (exact) mass is 749 g/mol. The molecule has 3 unspecified atom stereocenters.